The maximum absolute atomic E-state index is 13.8. The molecule has 2 aliphatic carbocycles. The van der Waals surface area contributed by atoms with Crippen LogP contribution in [0.25, 0.3) is 10.9 Å². The van der Waals surface area contributed by atoms with E-state index < -0.39 is 0 Å². The van der Waals surface area contributed by atoms with Crippen molar-refractivity contribution in [3.05, 3.63) is 82.8 Å². The van der Waals surface area contributed by atoms with E-state index in [0.717, 1.165) is 54.3 Å². The summed E-state index contributed by atoms with van der Waals surface area (Å²) in [6.45, 7) is 0. The van der Waals surface area contributed by atoms with E-state index in [-0.39, 0.29) is 17.1 Å². The number of anilines is 1. The van der Waals surface area contributed by atoms with Crippen LogP contribution in [0, 0.1) is 11.2 Å². The Bertz CT molecular complexity index is 1170. The standard InChI is InChI=1S/C25H22ClFN2O/c26-18-2-1-3-20(14-18)29-24(30)25(11-12-25)17-6-4-16(5-7-17)21-10-13-28-23-9-8-19(27)15-22(21)23/h1-3,6,8-10,13-16H,4-5,7,11-12H2,(H,29,30). The lowest BCUT2D eigenvalue weighted by Crippen LogP contribution is -2.27. The molecule has 3 nitrogen and oxygen atoms in total. The van der Waals surface area contributed by atoms with Crippen LogP contribution >= 0.6 is 11.6 Å². The molecule has 1 unspecified atom stereocenters. The summed E-state index contributed by atoms with van der Waals surface area (Å²) in [6, 6.07) is 14.0. The minimum Gasteiger partial charge on any atom is -0.325 e. The van der Waals surface area contributed by atoms with Gasteiger partial charge < -0.3 is 5.32 Å². The van der Waals surface area contributed by atoms with Crippen LogP contribution in [-0.2, 0) is 4.79 Å². The fourth-order valence-electron chi connectivity index (χ4n) is 4.68. The second-order valence-corrected chi connectivity index (χ2v) is 8.75. The Hall–Kier alpha value is -2.72. The highest BCUT2D eigenvalue weighted by molar-refractivity contribution is 6.30. The van der Waals surface area contributed by atoms with Gasteiger partial charge in [-0.2, -0.15) is 0 Å². The number of nitrogens with zero attached hydrogens (tertiary/aromatic N) is 1. The highest BCUT2D eigenvalue weighted by atomic mass is 35.5. The van der Waals surface area contributed by atoms with E-state index in [4.69, 9.17) is 11.6 Å². The summed E-state index contributed by atoms with van der Waals surface area (Å²) < 4.78 is 13.8. The third kappa shape index (κ3) is 3.50. The van der Waals surface area contributed by atoms with Crippen molar-refractivity contribution in [1.82, 2.24) is 4.98 Å². The van der Waals surface area contributed by atoms with Gasteiger partial charge in [-0.05, 0) is 86.1 Å². The van der Waals surface area contributed by atoms with Crippen LogP contribution in [0.4, 0.5) is 10.1 Å². The second kappa shape index (κ2) is 7.51. The van der Waals surface area contributed by atoms with Crippen LogP contribution in [0.2, 0.25) is 5.02 Å². The van der Waals surface area contributed by atoms with Gasteiger partial charge >= 0.3 is 0 Å². The molecule has 30 heavy (non-hydrogen) atoms. The number of benzene rings is 2. The highest BCUT2D eigenvalue weighted by Gasteiger charge is 2.52. The summed E-state index contributed by atoms with van der Waals surface area (Å²) >= 11 is 6.04. The minimum atomic E-state index is -0.375. The van der Waals surface area contributed by atoms with Crippen molar-refractivity contribution in [2.45, 2.75) is 38.0 Å². The maximum Gasteiger partial charge on any atom is 0.234 e. The monoisotopic (exact) mass is 420 g/mol. The van der Waals surface area contributed by atoms with Crippen molar-refractivity contribution in [2.75, 3.05) is 5.32 Å². The van der Waals surface area contributed by atoms with Crippen molar-refractivity contribution in [1.29, 1.82) is 0 Å². The third-order valence-electron chi connectivity index (χ3n) is 6.47. The number of amides is 1. The van der Waals surface area contributed by atoms with Crippen LogP contribution in [0.3, 0.4) is 0 Å². The number of hydrogen-bond acceptors (Lipinski definition) is 2. The third-order valence-corrected chi connectivity index (χ3v) is 6.70. The number of hydrogen-bond donors (Lipinski definition) is 1. The predicted molar refractivity (Wildman–Crippen MR) is 118 cm³/mol. The van der Waals surface area contributed by atoms with Crippen molar-refractivity contribution >= 4 is 34.1 Å². The van der Waals surface area contributed by atoms with Crippen molar-refractivity contribution in [3.63, 3.8) is 0 Å². The summed E-state index contributed by atoms with van der Waals surface area (Å²) in [6.07, 6.45) is 8.51. The first kappa shape index (κ1) is 19.3. The molecule has 0 bridgehead atoms. The van der Waals surface area contributed by atoms with Gasteiger partial charge in [0.2, 0.25) is 5.91 Å². The molecule has 3 aromatic rings. The fraction of sp³-hybridized carbons (Fsp3) is 0.280. The molecule has 5 rings (SSSR count). The topological polar surface area (TPSA) is 42.0 Å². The van der Waals surface area contributed by atoms with Crippen molar-refractivity contribution in [2.24, 2.45) is 5.41 Å². The zero-order valence-electron chi connectivity index (χ0n) is 16.5. The van der Waals surface area contributed by atoms with Crippen LogP contribution in [0.1, 0.15) is 43.6 Å². The number of rotatable bonds is 4. The summed E-state index contributed by atoms with van der Waals surface area (Å²) in [5, 5.41) is 4.54. The van der Waals surface area contributed by atoms with E-state index in [1.807, 2.05) is 18.2 Å². The number of halogens is 2. The summed E-state index contributed by atoms with van der Waals surface area (Å²) in [5.41, 5.74) is 3.56. The Kier molecular flexibility index (Phi) is 4.82. The average molecular weight is 421 g/mol. The zero-order chi connectivity index (χ0) is 20.7. The molecule has 1 atom stereocenters. The lowest BCUT2D eigenvalue weighted by atomic mass is 9.78. The minimum absolute atomic E-state index is 0.0610. The predicted octanol–water partition coefficient (Wildman–Crippen LogP) is 6.64. The van der Waals surface area contributed by atoms with Gasteiger partial charge in [-0.1, -0.05) is 29.3 Å². The molecule has 0 aliphatic heterocycles. The number of fused-ring (bicyclic) bond motifs is 1. The SMILES string of the molecule is O=C(Nc1cccc(Cl)c1)C1(C2=CCC(c3ccnc4ccc(F)cc34)CC2)CC1. The summed E-state index contributed by atoms with van der Waals surface area (Å²) in [5.74, 6) is 0.136. The number of nitrogens with one attached hydrogen (secondary N) is 1. The highest BCUT2D eigenvalue weighted by Crippen LogP contribution is 2.56. The molecule has 1 fully saturated rings. The van der Waals surface area contributed by atoms with Crippen molar-refractivity contribution < 1.29 is 9.18 Å². The van der Waals surface area contributed by atoms with Crippen molar-refractivity contribution in [3.8, 4) is 0 Å². The molecule has 152 valence electrons. The fourth-order valence-corrected chi connectivity index (χ4v) is 4.87. The van der Waals surface area contributed by atoms with E-state index in [1.165, 1.54) is 11.6 Å². The normalized spacial score (nSPS) is 19.9. The Balaban J connectivity index is 1.35. The van der Waals surface area contributed by atoms with Gasteiger partial charge in [-0.15, -0.1) is 0 Å². The molecule has 1 saturated carbocycles. The Labute approximate surface area is 180 Å². The second-order valence-electron chi connectivity index (χ2n) is 8.31. The quantitative estimate of drug-likeness (QED) is 0.480. The number of carbonyl (C=O) groups excluding carboxylic acids is 1. The number of allylic oxidation sites excluding steroid dienone is 1. The molecule has 1 N–H and O–H groups in total. The molecule has 5 heteroatoms. The van der Waals surface area contributed by atoms with Crippen LogP contribution in [-0.4, -0.2) is 10.9 Å². The Morgan fingerprint density at radius 3 is 2.77 bits per heavy atom. The first-order valence-corrected chi connectivity index (χ1v) is 10.7. The van der Waals surface area contributed by atoms with E-state index in [0.29, 0.717) is 10.9 Å². The molecule has 2 aliphatic rings. The van der Waals surface area contributed by atoms with Gasteiger partial charge in [0.15, 0.2) is 0 Å². The van der Waals surface area contributed by atoms with Crippen LogP contribution in [0.5, 0.6) is 0 Å². The molecule has 2 aromatic carbocycles. The zero-order valence-corrected chi connectivity index (χ0v) is 17.3. The van der Waals surface area contributed by atoms with Crippen LogP contribution in [0.15, 0.2) is 66.4 Å². The van der Waals surface area contributed by atoms with Crippen LogP contribution < -0.4 is 5.32 Å². The molecule has 0 radical (unpaired) electrons. The van der Waals surface area contributed by atoms with Gasteiger partial charge in [-0.25, -0.2) is 4.39 Å². The van der Waals surface area contributed by atoms with Gasteiger partial charge in [0.25, 0.3) is 0 Å². The summed E-state index contributed by atoms with van der Waals surface area (Å²) in [4.78, 5) is 17.4. The number of carbonyl (C=O) groups is 1. The van der Waals surface area contributed by atoms with Gasteiger partial charge in [0.05, 0.1) is 10.9 Å². The first-order valence-electron chi connectivity index (χ1n) is 10.4. The maximum atomic E-state index is 13.8. The molecule has 1 heterocycles. The number of aromatic nitrogens is 1. The van der Waals surface area contributed by atoms with E-state index in [2.05, 4.69) is 16.4 Å². The van der Waals surface area contributed by atoms with Gasteiger partial charge in [0, 0.05) is 22.3 Å². The smallest absolute Gasteiger partial charge is 0.234 e. The molecule has 1 amide bonds. The average Bonchev–Trinajstić information content (AvgIpc) is 3.56. The lowest BCUT2D eigenvalue weighted by molar-refractivity contribution is -0.120. The van der Waals surface area contributed by atoms with Gasteiger partial charge in [0.1, 0.15) is 5.82 Å². The lowest BCUT2D eigenvalue weighted by Gasteiger charge is -2.27. The summed E-state index contributed by atoms with van der Waals surface area (Å²) in [7, 11) is 0. The first-order chi connectivity index (χ1) is 14.5. The molecular formula is C25H22ClFN2O. The molecule has 0 saturated heterocycles. The van der Waals surface area contributed by atoms with E-state index in [9.17, 15) is 9.18 Å². The van der Waals surface area contributed by atoms with E-state index >= 15 is 0 Å². The van der Waals surface area contributed by atoms with Gasteiger partial charge in [-0.3, -0.25) is 9.78 Å². The molecule has 0 spiro atoms. The Morgan fingerprint density at radius 1 is 1.17 bits per heavy atom. The molecule has 1 aromatic heterocycles. The largest absolute Gasteiger partial charge is 0.325 e. The Morgan fingerprint density at radius 2 is 2.03 bits per heavy atom. The van der Waals surface area contributed by atoms with E-state index in [1.54, 1.807) is 30.5 Å². The number of pyridine rings is 1. The molecular weight excluding hydrogens is 399 g/mol.